The fraction of sp³-hybridized carbons (Fsp3) is 0.455. The number of hydrogen-bond acceptors (Lipinski definition) is 1. The van der Waals surface area contributed by atoms with Gasteiger partial charge < -0.3 is 4.90 Å². The number of nitrogens with zero attached hydrogens (tertiary/aromatic N) is 1. The summed E-state index contributed by atoms with van der Waals surface area (Å²) in [5.74, 6) is 0.157. The summed E-state index contributed by atoms with van der Waals surface area (Å²) in [5, 5.41) is 11.5. The third-order valence-corrected chi connectivity index (χ3v) is 2.56. The number of benzene rings is 1. The number of piperidine rings is 1. The number of anilines is 1. The van der Waals surface area contributed by atoms with Crippen LogP contribution in [0.4, 0.5) is 5.69 Å². The number of rotatable bonds is 1. The molecule has 1 saturated heterocycles. The van der Waals surface area contributed by atoms with Crippen LogP contribution in [0.5, 0.6) is 5.75 Å². The molecule has 1 radical (unpaired) electrons. The molecule has 2 nitrogen and oxygen atoms in total. The van der Waals surface area contributed by atoms with Crippen LogP contribution in [0.25, 0.3) is 0 Å². The minimum atomic E-state index is 0.157. The molecular weight excluding hydrogens is 162 g/mol. The lowest BCUT2D eigenvalue weighted by Gasteiger charge is -2.28. The van der Waals surface area contributed by atoms with Crippen LogP contribution < -0.4 is 4.90 Å². The summed E-state index contributed by atoms with van der Waals surface area (Å²) in [6.45, 7) is 2.08. The van der Waals surface area contributed by atoms with E-state index < -0.39 is 0 Å². The average molecular weight is 176 g/mol. The zero-order valence-electron chi connectivity index (χ0n) is 7.70. The Bertz CT molecular complexity index is 279. The van der Waals surface area contributed by atoms with Crippen molar-refractivity contribution in [1.29, 1.82) is 0 Å². The number of hydrogen-bond donors (Lipinski definition) is 0. The van der Waals surface area contributed by atoms with Gasteiger partial charge in [-0.2, -0.15) is 0 Å². The highest BCUT2D eigenvalue weighted by molar-refractivity contribution is 5.57. The maximum Gasteiger partial charge on any atom is 0.201 e. The molecule has 1 aromatic rings. The SMILES string of the molecule is [O]c1ccccc1N1CCCCC1. The van der Waals surface area contributed by atoms with Gasteiger partial charge in [0.05, 0.1) is 5.69 Å². The second kappa shape index (κ2) is 3.69. The normalized spacial score (nSPS) is 17.4. The molecule has 0 atom stereocenters. The van der Waals surface area contributed by atoms with Crippen molar-refractivity contribution in [3.63, 3.8) is 0 Å². The van der Waals surface area contributed by atoms with E-state index in [4.69, 9.17) is 0 Å². The van der Waals surface area contributed by atoms with Crippen LogP contribution in [0.3, 0.4) is 0 Å². The van der Waals surface area contributed by atoms with Crippen LogP contribution >= 0.6 is 0 Å². The molecule has 1 heterocycles. The van der Waals surface area contributed by atoms with E-state index in [1.54, 1.807) is 12.1 Å². The lowest BCUT2D eigenvalue weighted by molar-refractivity contribution is 0.354. The highest BCUT2D eigenvalue weighted by Gasteiger charge is 2.13. The Hall–Kier alpha value is -1.18. The molecule has 0 amide bonds. The molecule has 1 aliphatic heterocycles. The van der Waals surface area contributed by atoms with Crippen molar-refractivity contribution in [2.75, 3.05) is 18.0 Å². The zero-order valence-corrected chi connectivity index (χ0v) is 7.70. The maximum atomic E-state index is 11.5. The van der Waals surface area contributed by atoms with Crippen LogP contribution in [0, 0.1) is 0 Å². The van der Waals surface area contributed by atoms with Gasteiger partial charge in [0, 0.05) is 13.1 Å². The van der Waals surface area contributed by atoms with Gasteiger partial charge in [-0.3, -0.25) is 5.11 Å². The summed E-state index contributed by atoms with van der Waals surface area (Å²) in [6.07, 6.45) is 3.74. The van der Waals surface area contributed by atoms with Crippen molar-refractivity contribution in [3.05, 3.63) is 24.3 Å². The lowest BCUT2D eigenvalue weighted by Crippen LogP contribution is -2.29. The van der Waals surface area contributed by atoms with Gasteiger partial charge in [-0.15, -0.1) is 0 Å². The van der Waals surface area contributed by atoms with E-state index in [0.717, 1.165) is 18.8 Å². The van der Waals surface area contributed by atoms with E-state index in [1.165, 1.54) is 19.3 Å². The van der Waals surface area contributed by atoms with Crippen molar-refractivity contribution < 1.29 is 5.11 Å². The Morgan fingerprint density at radius 1 is 1.00 bits per heavy atom. The van der Waals surface area contributed by atoms with Crippen molar-refractivity contribution in [2.45, 2.75) is 19.3 Å². The molecule has 69 valence electrons. The van der Waals surface area contributed by atoms with Gasteiger partial charge in [-0.25, -0.2) is 0 Å². The van der Waals surface area contributed by atoms with Gasteiger partial charge in [-0.05, 0) is 31.4 Å². The smallest absolute Gasteiger partial charge is 0.201 e. The van der Waals surface area contributed by atoms with Gasteiger partial charge in [0.15, 0.2) is 0 Å². The molecule has 1 aromatic carbocycles. The van der Waals surface area contributed by atoms with Crippen molar-refractivity contribution in [1.82, 2.24) is 0 Å². The summed E-state index contributed by atoms with van der Waals surface area (Å²) in [4.78, 5) is 2.20. The highest BCUT2D eigenvalue weighted by Crippen LogP contribution is 2.29. The average Bonchev–Trinajstić information content (AvgIpc) is 2.20. The minimum Gasteiger partial charge on any atom is -0.368 e. The predicted octanol–water partition coefficient (Wildman–Crippen LogP) is 2.82. The molecular formula is C11H14NO. The number of para-hydroxylation sites is 2. The van der Waals surface area contributed by atoms with Crippen LogP contribution in [-0.2, 0) is 5.11 Å². The molecule has 0 bridgehead atoms. The van der Waals surface area contributed by atoms with Crippen LogP contribution in [-0.4, -0.2) is 13.1 Å². The van der Waals surface area contributed by atoms with Crippen molar-refractivity contribution >= 4 is 5.69 Å². The summed E-state index contributed by atoms with van der Waals surface area (Å²) in [5.41, 5.74) is 0.877. The molecule has 0 aromatic heterocycles. The summed E-state index contributed by atoms with van der Waals surface area (Å²) >= 11 is 0. The highest BCUT2D eigenvalue weighted by atomic mass is 16.3. The van der Waals surface area contributed by atoms with Crippen molar-refractivity contribution in [3.8, 4) is 5.75 Å². The van der Waals surface area contributed by atoms with E-state index in [2.05, 4.69) is 4.90 Å². The van der Waals surface area contributed by atoms with Gasteiger partial charge in [-0.1, -0.05) is 12.1 Å². The van der Waals surface area contributed by atoms with Gasteiger partial charge in [0.25, 0.3) is 0 Å². The first-order chi connectivity index (χ1) is 6.38. The summed E-state index contributed by atoms with van der Waals surface area (Å²) in [6, 6.07) is 7.30. The monoisotopic (exact) mass is 176 g/mol. The van der Waals surface area contributed by atoms with E-state index in [1.807, 2.05) is 12.1 Å². The second-order valence-corrected chi connectivity index (χ2v) is 3.52. The molecule has 0 spiro atoms. The maximum absolute atomic E-state index is 11.5. The quantitative estimate of drug-likeness (QED) is 0.645. The fourth-order valence-corrected chi connectivity index (χ4v) is 1.85. The molecule has 2 rings (SSSR count). The van der Waals surface area contributed by atoms with Gasteiger partial charge in [0.1, 0.15) is 0 Å². The molecule has 1 aliphatic rings. The summed E-state index contributed by atoms with van der Waals surface area (Å²) < 4.78 is 0. The molecule has 0 N–H and O–H groups in total. The Morgan fingerprint density at radius 2 is 1.69 bits per heavy atom. The van der Waals surface area contributed by atoms with E-state index in [0.29, 0.717) is 0 Å². The second-order valence-electron chi connectivity index (χ2n) is 3.52. The largest absolute Gasteiger partial charge is 0.368 e. The Morgan fingerprint density at radius 3 is 2.38 bits per heavy atom. The Labute approximate surface area is 78.8 Å². The zero-order chi connectivity index (χ0) is 9.10. The first-order valence-corrected chi connectivity index (χ1v) is 4.89. The van der Waals surface area contributed by atoms with Crippen LogP contribution in [0.1, 0.15) is 19.3 Å². The fourth-order valence-electron chi connectivity index (χ4n) is 1.85. The van der Waals surface area contributed by atoms with Gasteiger partial charge >= 0.3 is 0 Å². The third-order valence-electron chi connectivity index (χ3n) is 2.56. The van der Waals surface area contributed by atoms with Gasteiger partial charge in [0.2, 0.25) is 5.75 Å². The van der Waals surface area contributed by atoms with Crippen molar-refractivity contribution in [2.24, 2.45) is 0 Å². The predicted molar refractivity (Wildman–Crippen MR) is 52.6 cm³/mol. The van der Waals surface area contributed by atoms with Crippen LogP contribution in [0.15, 0.2) is 24.3 Å². The third kappa shape index (κ3) is 1.77. The van der Waals surface area contributed by atoms with E-state index in [9.17, 15) is 5.11 Å². The molecule has 2 heteroatoms. The van der Waals surface area contributed by atoms with E-state index in [-0.39, 0.29) is 5.75 Å². The van der Waals surface area contributed by atoms with E-state index >= 15 is 0 Å². The summed E-state index contributed by atoms with van der Waals surface area (Å²) in [7, 11) is 0. The Balaban J connectivity index is 2.18. The first-order valence-electron chi connectivity index (χ1n) is 4.89. The molecule has 0 unspecified atom stereocenters. The molecule has 0 aliphatic carbocycles. The molecule has 13 heavy (non-hydrogen) atoms. The van der Waals surface area contributed by atoms with Crippen LogP contribution in [0.2, 0.25) is 0 Å². The molecule has 1 fully saturated rings. The lowest BCUT2D eigenvalue weighted by atomic mass is 10.1. The minimum absolute atomic E-state index is 0.157. The molecule has 0 saturated carbocycles. The topological polar surface area (TPSA) is 23.1 Å². The standard InChI is InChI=1S/C11H14NO/c13-11-7-3-2-6-10(11)12-8-4-1-5-9-12/h2-3,6-7H,1,4-5,8-9H2. The Kier molecular flexibility index (Phi) is 2.39. The first kappa shape index (κ1) is 8.42.